The van der Waals surface area contributed by atoms with Crippen LogP contribution in [0.1, 0.15) is 24.8 Å². The molecule has 1 atom stereocenters. The van der Waals surface area contributed by atoms with E-state index >= 15 is 0 Å². The van der Waals surface area contributed by atoms with Crippen LogP contribution in [0.5, 0.6) is 11.5 Å². The first-order valence-electron chi connectivity index (χ1n) is 10.6. The van der Waals surface area contributed by atoms with E-state index in [1.54, 1.807) is 7.05 Å². The van der Waals surface area contributed by atoms with E-state index in [1.807, 2.05) is 12.1 Å². The Kier molecular flexibility index (Phi) is 8.37. The minimum atomic E-state index is -4.17. The highest BCUT2D eigenvalue weighted by atomic mass is 127. The molecule has 180 valence electrons. The number of rotatable bonds is 5. The zero-order valence-electron chi connectivity index (χ0n) is 18.0. The van der Waals surface area contributed by atoms with E-state index in [-0.39, 0.29) is 42.2 Å². The Morgan fingerprint density at radius 1 is 1.22 bits per heavy atom. The molecular formula is C21H30F3IN4O3. The highest BCUT2D eigenvalue weighted by Crippen LogP contribution is 2.40. The van der Waals surface area contributed by atoms with E-state index in [0.717, 1.165) is 29.9 Å². The molecule has 7 nitrogen and oxygen atoms in total. The summed E-state index contributed by atoms with van der Waals surface area (Å²) in [5.74, 6) is 2.10. The monoisotopic (exact) mass is 570 g/mol. The van der Waals surface area contributed by atoms with Crippen molar-refractivity contribution in [3.63, 3.8) is 0 Å². The third-order valence-corrected chi connectivity index (χ3v) is 6.27. The Morgan fingerprint density at radius 2 is 1.97 bits per heavy atom. The Morgan fingerprint density at radius 3 is 2.69 bits per heavy atom. The molecule has 0 spiro atoms. The van der Waals surface area contributed by atoms with Crippen LogP contribution < -0.4 is 20.1 Å². The summed E-state index contributed by atoms with van der Waals surface area (Å²) in [6.45, 7) is 2.10. The van der Waals surface area contributed by atoms with Crippen LogP contribution >= 0.6 is 24.0 Å². The lowest BCUT2D eigenvalue weighted by molar-refractivity contribution is -0.143. The Balaban J connectivity index is 0.00000289. The van der Waals surface area contributed by atoms with E-state index in [4.69, 9.17) is 14.2 Å². The molecule has 2 fully saturated rings. The molecule has 0 bridgehead atoms. The second kappa shape index (κ2) is 10.6. The van der Waals surface area contributed by atoms with Gasteiger partial charge in [0.1, 0.15) is 0 Å². The first-order valence-corrected chi connectivity index (χ1v) is 10.6. The van der Waals surface area contributed by atoms with Crippen LogP contribution in [0.3, 0.4) is 0 Å². The van der Waals surface area contributed by atoms with Gasteiger partial charge in [-0.1, -0.05) is 6.07 Å². The number of ether oxygens (including phenoxy) is 3. The van der Waals surface area contributed by atoms with E-state index in [9.17, 15) is 13.2 Å². The zero-order chi connectivity index (χ0) is 21.9. The number of likely N-dealkylation sites (tertiary alicyclic amines) is 1. The highest BCUT2D eigenvalue weighted by Gasteiger charge is 2.37. The Hall–Kier alpha value is -1.47. The molecule has 3 aliphatic heterocycles. The fraction of sp³-hybridized carbons (Fsp3) is 0.667. The van der Waals surface area contributed by atoms with Gasteiger partial charge in [-0.2, -0.15) is 13.2 Å². The number of nitrogens with one attached hydrogen (secondary N) is 2. The summed E-state index contributed by atoms with van der Waals surface area (Å²) in [5, 5.41) is 6.69. The van der Waals surface area contributed by atoms with Crippen LogP contribution in [0, 0.1) is 0 Å². The van der Waals surface area contributed by atoms with Crippen LogP contribution in [-0.2, 0) is 10.2 Å². The van der Waals surface area contributed by atoms with Crippen molar-refractivity contribution in [3.8, 4) is 11.5 Å². The van der Waals surface area contributed by atoms with Gasteiger partial charge in [0, 0.05) is 51.4 Å². The van der Waals surface area contributed by atoms with E-state index in [0.29, 0.717) is 45.2 Å². The van der Waals surface area contributed by atoms with Crippen molar-refractivity contribution in [2.45, 2.75) is 36.9 Å². The quantitative estimate of drug-likeness (QED) is 0.323. The van der Waals surface area contributed by atoms with Gasteiger partial charge in [-0.3, -0.25) is 9.89 Å². The molecular weight excluding hydrogens is 540 g/mol. The van der Waals surface area contributed by atoms with Crippen molar-refractivity contribution in [1.29, 1.82) is 0 Å². The lowest BCUT2D eigenvalue weighted by Crippen LogP contribution is -2.50. The van der Waals surface area contributed by atoms with Crippen LogP contribution in [0.2, 0.25) is 0 Å². The number of nitrogens with zero attached hydrogens (tertiary/aromatic N) is 2. The molecule has 0 radical (unpaired) electrons. The molecule has 1 unspecified atom stereocenters. The second-order valence-corrected chi connectivity index (χ2v) is 8.37. The molecule has 3 heterocycles. The molecule has 11 heteroatoms. The number of alkyl halides is 3. The lowest BCUT2D eigenvalue weighted by atomic mass is 9.74. The first-order chi connectivity index (χ1) is 14.9. The average molecular weight is 570 g/mol. The molecule has 1 aromatic carbocycles. The van der Waals surface area contributed by atoms with E-state index in [1.165, 1.54) is 4.90 Å². The Bertz CT molecular complexity index is 803. The molecule has 0 aromatic heterocycles. The van der Waals surface area contributed by atoms with Gasteiger partial charge >= 0.3 is 6.18 Å². The average Bonchev–Trinajstić information content (AvgIpc) is 3.39. The summed E-state index contributed by atoms with van der Waals surface area (Å²) in [4.78, 5) is 5.72. The van der Waals surface area contributed by atoms with Crippen LogP contribution in [0.25, 0.3) is 0 Å². The van der Waals surface area contributed by atoms with Crippen molar-refractivity contribution >= 4 is 29.9 Å². The number of halogens is 4. The van der Waals surface area contributed by atoms with Gasteiger partial charge in [-0.25, -0.2) is 0 Å². The van der Waals surface area contributed by atoms with Crippen molar-refractivity contribution in [1.82, 2.24) is 15.5 Å². The fourth-order valence-corrected chi connectivity index (χ4v) is 4.54. The molecule has 32 heavy (non-hydrogen) atoms. The lowest BCUT2D eigenvalue weighted by Gasteiger charge is -2.38. The number of guanidine groups is 1. The molecule has 3 aliphatic rings. The minimum Gasteiger partial charge on any atom is -0.454 e. The third-order valence-electron chi connectivity index (χ3n) is 6.27. The van der Waals surface area contributed by atoms with Crippen LogP contribution in [-0.4, -0.2) is 76.3 Å². The van der Waals surface area contributed by atoms with Crippen LogP contribution in [0.15, 0.2) is 23.2 Å². The molecule has 0 saturated carbocycles. The summed E-state index contributed by atoms with van der Waals surface area (Å²) in [5.41, 5.74) is 0.995. The van der Waals surface area contributed by atoms with Gasteiger partial charge in [-0.15, -0.1) is 24.0 Å². The van der Waals surface area contributed by atoms with Gasteiger partial charge in [0.05, 0.1) is 6.54 Å². The number of hydrogen-bond donors (Lipinski definition) is 2. The number of aliphatic imine (C=N–C) groups is 1. The topological polar surface area (TPSA) is 67.4 Å². The van der Waals surface area contributed by atoms with Gasteiger partial charge in [0.25, 0.3) is 0 Å². The maximum absolute atomic E-state index is 12.7. The highest BCUT2D eigenvalue weighted by molar-refractivity contribution is 14.0. The number of hydrogen-bond acceptors (Lipinski definition) is 5. The molecule has 0 amide bonds. The molecule has 2 N–H and O–H groups in total. The fourth-order valence-electron chi connectivity index (χ4n) is 4.54. The zero-order valence-corrected chi connectivity index (χ0v) is 20.4. The third kappa shape index (κ3) is 6.10. The largest absolute Gasteiger partial charge is 0.454 e. The van der Waals surface area contributed by atoms with Crippen molar-refractivity contribution < 1.29 is 27.4 Å². The maximum Gasteiger partial charge on any atom is 0.401 e. The summed E-state index contributed by atoms with van der Waals surface area (Å²) in [6.07, 6.45) is -1.83. The normalized spacial score (nSPS) is 23.0. The van der Waals surface area contributed by atoms with Crippen molar-refractivity contribution in [2.24, 2.45) is 4.99 Å². The molecule has 0 aliphatic carbocycles. The number of fused-ring (bicyclic) bond motifs is 1. The maximum atomic E-state index is 12.7. The number of benzene rings is 1. The summed E-state index contributed by atoms with van der Waals surface area (Å²) in [6, 6.07) is 5.99. The van der Waals surface area contributed by atoms with E-state index in [2.05, 4.69) is 21.7 Å². The van der Waals surface area contributed by atoms with Crippen molar-refractivity contribution in [2.75, 3.05) is 53.2 Å². The molecule has 4 rings (SSSR count). The van der Waals surface area contributed by atoms with Gasteiger partial charge in [0.15, 0.2) is 17.5 Å². The smallest absolute Gasteiger partial charge is 0.401 e. The van der Waals surface area contributed by atoms with E-state index < -0.39 is 12.7 Å². The summed E-state index contributed by atoms with van der Waals surface area (Å²) in [7, 11) is 1.68. The summed E-state index contributed by atoms with van der Waals surface area (Å²) < 4.78 is 54.6. The molecule has 1 aromatic rings. The van der Waals surface area contributed by atoms with Gasteiger partial charge in [-0.05, 0) is 37.0 Å². The van der Waals surface area contributed by atoms with Crippen molar-refractivity contribution in [3.05, 3.63) is 23.8 Å². The minimum absolute atomic E-state index is 0. The summed E-state index contributed by atoms with van der Waals surface area (Å²) >= 11 is 0. The SMILES string of the molecule is CN=C(NCC1(c2ccc3c(c2)OCO3)CCOCC1)NC1CCN(CC(F)(F)F)C1.I. The first kappa shape index (κ1) is 25.2. The predicted molar refractivity (Wildman–Crippen MR) is 125 cm³/mol. The molecule has 2 saturated heterocycles. The van der Waals surface area contributed by atoms with Gasteiger partial charge < -0.3 is 24.8 Å². The van der Waals surface area contributed by atoms with Crippen LogP contribution in [0.4, 0.5) is 13.2 Å². The standard InChI is InChI=1S/C21H29F3N4O3.HI/c1-25-19(27-16-4-7-28(11-16)13-21(22,23)24)26-12-20(5-8-29-9-6-20)15-2-3-17-18(10-15)31-14-30-17;/h2-3,10,16H,4-9,11-14H2,1H3,(H2,25,26,27);1H. The second-order valence-electron chi connectivity index (χ2n) is 8.37. The predicted octanol–water partition coefficient (Wildman–Crippen LogP) is 2.88. The van der Waals surface area contributed by atoms with Gasteiger partial charge in [0.2, 0.25) is 6.79 Å². The Labute approximate surface area is 203 Å².